The number of ether oxygens (including phenoxy) is 1. The summed E-state index contributed by atoms with van der Waals surface area (Å²) in [7, 11) is 0. The van der Waals surface area contributed by atoms with E-state index in [0.29, 0.717) is 6.61 Å². The zero-order valence-corrected chi connectivity index (χ0v) is 13.1. The molecule has 0 bridgehead atoms. The van der Waals surface area contributed by atoms with Gasteiger partial charge in [0.15, 0.2) is 0 Å². The highest BCUT2D eigenvalue weighted by atomic mass is 32.1. The highest BCUT2D eigenvalue weighted by Gasteiger charge is 2.31. The molecule has 110 valence electrons. The van der Waals surface area contributed by atoms with Gasteiger partial charge >= 0.3 is 5.97 Å². The van der Waals surface area contributed by atoms with Gasteiger partial charge in [0.05, 0.1) is 18.0 Å². The molecule has 21 heavy (non-hydrogen) atoms. The number of hydrogen-bond donors (Lipinski definition) is 0. The first-order chi connectivity index (χ1) is 10.2. The van der Waals surface area contributed by atoms with Crippen LogP contribution in [0.1, 0.15) is 41.9 Å². The van der Waals surface area contributed by atoms with E-state index in [9.17, 15) is 4.79 Å². The molecule has 4 nitrogen and oxygen atoms in total. The van der Waals surface area contributed by atoms with Crippen molar-refractivity contribution in [2.45, 2.75) is 39.0 Å². The fraction of sp³-hybridized carbons (Fsp3) is 0.438. The molecule has 0 amide bonds. The molecular weight excluding hydrogens is 284 g/mol. The first-order valence-corrected chi connectivity index (χ1v) is 8.11. The number of rotatable bonds is 3. The monoisotopic (exact) mass is 302 g/mol. The summed E-state index contributed by atoms with van der Waals surface area (Å²) in [5.74, 6) is -0.351. The van der Waals surface area contributed by atoms with E-state index in [4.69, 9.17) is 9.72 Å². The number of carbonyl (C=O) groups is 1. The van der Waals surface area contributed by atoms with Crippen molar-refractivity contribution in [1.82, 2.24) is 9.97 Å². The SMILES string of the molecule is CCOC(=O)C1CCCc2sc(-c3cccc(C)n3)nc21. The number of fused-ring (bicyclic) bond motifs is 1. The standard InChI is InChI=1S/C16H18N2O2S/c1-3-20-16(19)11-7-5-9-13-14(11)18-15(21-13)12-8-4-6-10(2)17-12/h4,6,8,11H,3,5,7,9H2,1-2H3. The Morgan fingerprint density at radius 2 is 2.29 bits per heavy atom. The van der Waals surface area contributed by atoms with Crippen molar-refractivity contribution in [2.24, 2.45) is 0 Å². The van der Waals surface area contributed by atoms with Crippen LogP contribution in [-0.2, 0) is 16.0 Å². The number of nitrogens with zero attached hydrogens (tertiary/aromatic N) is 2. The van der Waals surface area contributed by atoms with Crippen LogP contribution in [0.25, 0.3) is 10.7 Å². The Morgan fingerprint density at radius 3 is 3.05 bits per heavy atom. The van der Waals surface area contributed by atoms with Gasteiger partial charge < -0.3 is 4.74 Å². The van der Waals surface area contributed by atoms with Crippen molar-refractivity contribution in [3.05, 3.63) is 34.5 Å². The van der Waals surface area contributed by atoms with Crippen molar-refractivity contribution >= 4 is 17.3 Å². The van der Waals surface area contributed by atoms with E-state index in [-0.39, 0.29) is 11.9 Å². The Bertz CT molecular complexity index is 666. The van der Waals surface area contributed by atoms with E-state index in [2.05, 4.69) is 4.98 Å². The molecule has 2 heterocycles. The van der Waals surface area contributed by atoms with E-state index >= 15 is 0 Å². The molecule has 1 atom stereocenters. The first-order valence-electron chi connectivity index (χ1n) is 7.29. The van der Waals surface area contributed by atoms with Gasteiger partial charge in [-0.1, -0.05) is 6.07 Å². The lowest BCUT2D eigenvalue weighted by molar-refractivity contribution is -0.145. The van der Waals surface area contributed by atoms with Crippen LogP contribution in [0.4, 0.5) is 0 Å². The van der Waals surface area contributed by atoms with Crippen molar-refractivity contribution in [1.29, 1.82) is 0 Å². The number of thiazole rings is 1. The molecule has 1 aliphatic rings. The summed E-state index contributed by atoms with van der Waals surface area (Å²) in [5, 5.41) is 0.903. The van der Waals surface area contributed by atoms with Crippen LogP contribution in [-0.4, -0.2) is 22.5 Å². The average Bonchev–Trinajstić information content (AvgIpc) is 2.91. The smallest absolute Gasteiger partial charge is 0.315 e. The Morgan fingerprint density at radius 1 is 1.43 bits per heavy atom. The third-order valence-corrected chi connectivity index (χ3v) is 4.79. The van der Waals surface area contributed by atoms with E-state index in [1.54, 1.807) is 11.3 Å². The summed E-state index contributed by atoms with van der Waals surface area (Å²) in [6.45, 7) is 4.23. The summed E-state index contributed by atoms with van der Waals surface area (Å²) in [5.41, 5.74) is 2.77. The molecule has 0 spiro atoms. The Hall–Kier alpha value is -1.75. The lowest BCUT2D eigenvalue weighted by Gasteiger charge is -2.19. The highest BCUT2D eigenvalue weighted by Crippen LogP contribution is 2.38. The number of aryl methyl sites for hydroxylation is 2. The molecule has 3 rings (SSSR count). The van der Waals surface area contributed by atoms with E-state index in [1.807, 2.05) is 32.0 Å². The van der Waals surface area contributed by atoms with Gasteiger partial charge in [0.25, 0.3) is 0 Å². The number of esters is 1. The molecule has 5 heteroatoms. The maximum atomic E-state index is 12.1. The summed E-state index contributed by atoms with van der Waals surface area (Å²) in [6.07, 6.45) is 2.84. The molecule has 0 fully saturated rings. The minimum atomic E-state index is -0.205. The van der Waals surface area contributed by atoms with Crippen LogP contribution < -0.4 is 0 Å². The van der Waals surface area contributed by atoms with Gasteiger partial charge in [-0.05, 0) is 45.2 Å². The molecule has 0 radical (unpaired) electrons. The molecule has 0 N–H and O–H groups in total. The number of pyridine rings is 1. The summed E-state index contributed by atoms with van der Waals surface area (Å²) in [4.78, 5) is 22.5. The van der Waals surface area contributed by atoms with E-state index < -0.39 is 0 Å². The Kier molecular flexibility index (Phi) is 4.01. The summed E-state index contributed by atoms with van der Waals surface area (Å²) < 4.78 is 5.18. The third-order valence-electron chi connectivity index (χ3n) is 3.63. The molecule has 1 unspecified atom stereocenters. The van der Waals surface area contributed by atoms with Gasteiger partial charge in [-0.15, -0.1) is 11.3 Å². The molecule has 2 aromatic rings. The molecule has 0 saturated carbocycles. The van der Waals surface area contributed by atoms with E-state index in [1.165, 1.54) is 4.88 Å². The molecule has 1 aliphatic carbocycles. The number of hydrogen-bond acceptors (Lipinski definition) is 5. The Labute approximate surface area is 128 Å². The zero-order chi connectivity index (χ0) is 14.8. The van der Waals surface area contributed by atoms with Crippen LogP contribution in [0, 0.1) is 6.92 Å². The topological polar surface area (TPSA) is 52.1 Å². The van der Waals surface area contributed by atoms with Gasteiger partial charge in [-0.25, -0.2) is 4.98 Å². The van der Waals surface area contributed by atoms with Crippen molar-refractivity contribution in [3.8, 4) is 10.7 Å². The fourth-order valence-corrected chi connectivity index (χ4v) is 3.80. The van der Waals surface area contributed by atoms with Crippen LogP contribution in [0.15, 0.2) is 18.2 Å². The lowest BCUT2D eigenvalue weighted by atomic mass is 9.91. The second-order valence-corrected chi connectivity index (χ2v) is 6.27. The summed E-state index contributed by atoms with van der Waals surface area (Å²) >= 11 is 1.65. The lowest BCUT2D eigenvalue weighted by Crippen LogP contribution is -2.20. The first kappa shape index (κ1) is 14.2. The normalized spacial score (nSPS) is 17.3. The minimum absolute atomic E-state index is 0.146. The number of carbonyl (C=O) groups excluding carboxylic acids is 1. The maximum Gasteiger partial charge on any atom is 0.315 e. The Balaban J connectivity index is 1.96. The fourth-order valence-electron chi connectivity index (χ4n) is 2.66. The van der Waals surface area contributed by atoms with Gasteiger partial charge in [-0.2, -0.15) is 0 Å². The molecule has 0 saturated heterocycles. The van der Waals surface area contributed by atoms with Gasteiger partial charge in [0.2, 0.25) is 0 Å². The maximum absolute atomic E-state index is 12.1. The largest absolute Gasteiger partial charge is 0.465 e. The predicted octanol–water partition coefficient (Wildman–Crippen LogP) is 3.50. The molecule has 2 aromatic heterocycles. The van der Waals surface area contributed by atoms with Crippen LogP contribution >= 0.6 is 11.3 Å². The van der Waals surface area contributed by atoms with Crippen molar-refractivity contribution in [3.63, 3.8) is 0 Å². The highest BCUT2D eigenvalue weighted by molar-refractivity contribution is 7.15. The van der Waals surface area contributed by atoms with E-state index in [0.717, 1.165) is 41.4 Å². The van der Waals surface area contributed by atoms with Crippen LogP contribution in [0.3, 0.4) is 0 Å². The van der Waals surface area contributed by atoms with Crippen molar-refractivity contribution in [2.75, 3.05) is 6.61 Å². The van der Waals surface area contributed by atoms with Gasteiger partial charge in [-0.3, -0.25) is 9.78 Å². The van der Waals surface area contributed by atoms with Gasteiger partial charge in [0.1, 0.15) is 10.9 Å². The van der Waals surface area contributed by atoms with Crippen LogP contribution in [0.2, 0.25) is 0 Å². The molecule has 0 aliphatic heterocycles. The third kappa shape index (κ3) is 2.83. The average molecular weight is 302 g/mol. The second kappa shape index (κ2) is 5.93. The molecular formula is C16H18N2O2S. The van der Waals surface area contributed by atoms with Crippen LogP contribution in [0.5, 0.6) is 0 Å². The number of aromatic nitrogens is 2. The quantitative estimate of drug-likeness (QED) is 0.814. The zero-order valence-electron chi connectivity index (χ0n) is 12.3. The van der Waals surface area contributed by atoms with Gasteiger partial charge in [0, 0.05) is 10.6 Å². The van der Waals surface area contributed by atoms with Crippen molar-refractivity contribution < 1.29 is 9.53 Å². The summed E-state index contributed by atoms with van der Waals surface area (Å²) in [6, 6.07) is 5.93. The minimum Gasteiger partial charge on any atom is -0.465 e. The molecule has 0 aromatic carbocycles. The predicted molar refractivity (Wildman–Crippen MR) is 82.4 cm³/mol. The second-order valence-electron chi connectivity index (χ2n) is 5.19.